The van der Waals surface area contributed by atoms with Crippen LogP contribution in [-0.4, -0.2) is 40.5 Å². The van der Waals surface area contributed by atoms with Crippen LogP contribution in [0.15, 0.2) is 61.2 Å². The molecule has 1 aliphatic carbocycles. The van der Waals surface area contributed by atoms with Crippen LogP contribution in [0.2, 0.25) is 0 Å². The summed E-state index contributed by atoms with van der Waals surface area (Å²) in [7, 11) is 0. The quantitative estimate of drug-likeness (QED) is 0.296. The predicted octanol–water partition coefficient (Wildman–Crippen LogP) is 5.44. The zero-order chi connectivity index (χ0) is 27.3. The van der Waals surface area contributed by atoms with E-state index < -0.39 is 11.9 Å². The van der Waals surface area contributed by atoms with Crippen LogP contribution in [0.4, 0.5) is 19.1 Å². The van der Waals surface area contributed by atoms with Crippen LogP contribution < -0.4 is 10.5 Å². The Hall–Kier alpha value is -4.48. The van der Waals surface area contributed by atoms with E-state index >= 15 is 0 Å². The SMILES string of the molecule is CC(C)C(c1ccc(C(F)(F)F)nc1)n1cc(-c2cc(-c3ccc(OC4CC4)nc3)n3nc(N)nc3c2)cn1. The second kappa shape index (κ2) is 9.37. The third-order valence-electron chi connectivity index (χ3n) is 6.57. The number of rotatable bonds is 7. The fourth-order valence-electron chi connectivity index (χ4n) is 4.56. The highest BCUT2D eigenvalue weighted by atomic mass is 19.4. The number of anilines is 1. The van der Waals surface area contributed by atoms with Crippen molar-refractivity contribution in [1.82, 2.24) is 34.3 Å². The standard InChI is InChI=1S/C27H25F3N8O/c1-15(2)25(17-3-7-22(32-12-17)27(28,29)30)37-14-19(13-34-37)18-9-21(38-23(10-18)35-26(31)36-38)16-4-8-24(33-11-16)39-20-5-6-20/h3-4,7-15,20,25H,5-6H2,1-2H3,(H2,31,36). The van der Waals surface area contributed by atoms with Crippen LogP contribution in [-0.2, 0) is 6.18 Å². The first-order valence-corrected chi connectivity index (χ1v) is 12.5. The maximum atomic E-state index is 13.0. The Balaban J connectivity index is 1.36. The second-order valence-electron chi connectivity index (χ2n) is 9.94. The minimum absolute atomic E-state index is 0.0352. The zero-order valence-corrected chi connectivity index (χ0v) is 21.2. The third kappa shape index (κ3) is 5.01. The molecule has 0 aromatic carbocycles. The molecule has 5 aromatic rings. The molecule has 200 valence electrons. The van der Waals surface area contributed by atoms with Gasteiger partial charge in [-0.3, -0.25) is 9.67 Å². The molecule has 9 nitrogen and oxygen atoms in total. The number of nitrogen functional groups attached to an aromatic ring is 1. The lowest BCUT2D eigenvalue weighted by atomic mass is 9.97. The Morgan fingerprint density at radius 2 is 1.79 bits per heavy atom. The number of hydrogen-bond acceptors (Lipinski definition) is 7. The summed E-state index contributed by atoms with van der Waals surface area (Å²) in [6.07, 6.45) is 4.42. The van der Waals surface area contributed by atoms with Crippen molar-refractivity contribution in [3.63, 3.8) is 0 Å². The molecule has 0 spiro atoms. The molecule has 5 heterocycles. The first-order valence-electron chi connectivity index (χ1n) is 12.5. The van der Waals surface area contributed by atoms with Gasteiger partial charge in [-0.25, -0.2) is 9.50 Å². The molecule has 1 atom stereocenters. The third-order valence-corrected chi connectivity index (χ3v) is 6.57. The van der Waals surface area contributed by atoms with Crippen LogP contribution >= 0.6 is 0 Å². The van der Waals surface area contributed by atoms with Gasteiger partial charge >= 0.3 is 6.18 Å². The van der Waals surface area contributed by atoms with Crippen LogP contribution in [0.1, 0.15) is 44.0 Å². The van der Waals surface area contributed by atoms with E-state index in [1.54, 1.807) is 21.6 Å². The number of fused-ring (bicyclic) bond motifs is 1. The van der Waals surface area contributed by atoms with Gasteiger partial charge in [-0.15, -0.1) is 5.10 Å². The van der Waals surface area contributed by atoms with E-state index in [1.807, 2.05) is 44.3 Å². The van der Waals surface area contributed by atoms with Gasteiger partial charge in [-0.2, -0.15) is 23.3 Å². The second-order valence-corrected chi connectivity index (χ2v) is 9.94. The molecule has 12 heteroatoms. The highest BCUT2D eigenvalue weighted by Gasteiger charge is 2.32. The highest BCUT2D eigenvalue weighted by Crippen LogP contribution is 2.33. The Labute approximate surface area is 221 Å². The summed E-state index contributed by atoms with van der Waals surface area (Å²) in [5.41, 5.74) is 9.34. The number of hydrogen-bond donors (Lipinski definition) is 1. The monoisotopic (exact) mass is 534 g/mol. The number of nitrogens with two attached hydrogens (primary N) is 1. The molecule has 1 fully saturated rings. The molecule has 1 aliphatic rings. The summed E-state index contributed by atoms with van der Waals surface area (Å²) in [5.74, 6) is 0.749. The molecule has 0 bridgehead atoms. The van der Waals surface area contributed by atoms with Gasteiger partial charge in [-0.1, -0.05) is 19.9 Å². The van der Waals surface area contributed by atoms with Gasteiger partial charge < -0.3 is 10.5 Å². The average Bonchev–Trinajstić information content (AvgIpc) is 3.43. The van der Waals surface area contributed by atoms with Crippen molar-refractivity contribution >= 4 is 11.6 Å². The molecule has 5 aromatic heterocycles. The largest absolute Gasteiger partial charge is 0.474 e. The molecule has 1 unspecified atom stereocenters. The first kappa shape index (κ1) is 24.8. The molecule has 39 heavy (non-hydrogen) atoms. The van der Waals surface area contributed by atoms with E-state index in [0.29, 0.717) is 17.1 Å². The average molecular weight is 535 g/mol. The Morgan fingerprint density at radius 3 is 2.44 bits per heavy atom. The lowest BCUT2D eigenvalue weighted by Gasteiger charge is -2.22. The van der Waals surface area contributed by atoms with Gasteiger partial charge in [0.1, 0.15) is 11.8 Å². The molecule has 0 amide bonds. The Bertz CT molecular complexity index is 1620. The number of aromatic nitrogens is 7. The van der Waals surface area contributed by atoms with Crippen molar-refractivity contribution in [2.45, 2.75) is 45.0 Å². The Kier molecular flexibility index (Phi) is 5.96. The van der Waals surface area contributed by atoms with Gasteiger partial charge in [0.15, 0.2) is 5.65 Å². The summed E-state index contributed by atoms with van der Waals surface area (Å²) in [5, 5.41) is 8.91. The molecule has 0 radical (unpaired) electrons. The first-order chi connectivity index (χ1) is 18.7. The smallest absolute Gasteiger partial charge is 0.433 e. The van der Waals surface area contributed by atoms with E-state index in [4.69, 9.17) is 10.5 Å². The minimum atomic E-state index is -4.49. The van der Waals surface area contributed by atoms with E-state index in [0.717, 1.165) is 41.3 Å². The normalized spacial score (nSPS) is 14.7. The zero-order valence-electron chi connectivity index (χ0n) is 21.2. The molecular weight excluding hydrogens is 509 g/mol. The lowest BCUT2D eigenvalue weighted by molar-refractivity contribution is -0.141. The Morgan fingerprint density at radius 1 is 0.974 bits per heavy atom. The molecule has 0 saturated heterocycles. The fourth-order valence-corrected chi connectivity index (χ4v) is 4.56. The number of halogens is 3. The summed E-state index contributed by atoms with van der Waals surface area (Å²) in [6.45, 7) is 3.97. The molecule has 2 N–H and O–H groups in total. The summed E-state index contributed by atoms with van der Waals surface area (Å²) >= 11 is 0. The van der Waals surface area contributed by atoms with Crippen LogP contribution in [0.5, 0.6) is 5.88 Å². The minimum Gasteiger partial charge on any atom is -0.474 e. The topological polar surface area (TPSA) is 109 Å². The van der Waals surface area contributed by atoms with Gasteiger partial charge in [0.05, 0.1) is 17.9 Å². The fraction of sp³-hybridized carbons (Fsp3) is 0.296. The predicted molar refractivity (Wildman–Crippen MR) is 138 cm³/mol. The summed E-state index contributed by atoms with van der Waals surface area (Å²) < 4.78 is 48.2. The van der Waals surface area contributed by atoms with E-state index in [1.165, 1.54) is 12.3 Å². The van der Waals surface area contributed by atoms with Gasteiger partial charge in [-0.05, 0) is 54.2 Å². The lowest BCUT2D eigenvalue weighted by Crippen LogP contribution is -2.18. The van der Waals surface area contributed by atoms with Crippen molar-refractivity contribution in [2.75, 3.05) is 5.73 Å². The van der Waals surface area contributed by atoms with E-state index in [9.17, 15) is 13.2 Å². The molecule has 0 aliphatic heterocycles. The number of nitrogens with zero attached hydrogens (tertiary/aromatic N) is 7. The van der Waals surface area contributed by atoms with E-state index in [2.05, 4.69) is 25.1 Å². The van der Waals surface area contributed by atoms with E-state index in [-0.39, 0.29) is 24.0 Å². The van der Waals surface area contributed by atoms with Crippen molar-refractivity contribution in [3.8, 4) is 28.3 Å². The van der Waals surface area contributed by atoms with Crippen molar-refractivity contribution in [2.24, 2.45) is 5.92 Å². The van der Waals surface area contributed by atoms with Crippen molar-refractivity contribution in [1.29, 1.82) is 0 Å². The summed E-state index contributed by atoms with van der Waals surface area (Å²) in [4.78, 5) is 12.4. The van der Waals surface area contributed by atoms with Gasteiger partial charge in [0.25, 0.3) is 0 Å². The summed E-state index contributed by atoms with van der Waals surface area (Å²) in [6, 6.07) is 9.69. The van der Waals surface area contributed by atoms with Crippen LogP contribution in [0.25, 0.3) is 28.0 Å². The molecular formula is C27H25F3N8O. The van der Waals surface area contributed by atoms with Gasteiger partial charge in [0.2, 0.25) is 11.8 Å². The number of alkyl halides is 3. The van der Waals surface area contributed by atoms with Crippen LogP contribution in [0, 0.1) is 5.92 Å². The van der Waals surface area contributed by atoms with Crippen molar-refractivity contribution in [3.05, 3.63) is 72.4 Å². The number of ether oxygens (including phenoxy) is 1. The highest BCUT2D eigenvalue weighted by molar-refractivity contribution is 5.74. The van der Waals surface area contributed by atoms with Crippen molar-refractivity contribution < 1.29 is 17.9 Å². The molecule has 6 rings (SSSR count). The number of pyridine rings is 3. The van der Waals surface area contributed by atoms with Gasteiger partial charge in [0, 0.05) is 35.8 Å². The maximum Gasteiger partial charge on any atom is 0.433 e. The maximum absolute atomic E-state index is 13.0. The van der Waals surface area contributed by atoms with Crippen LogP contribution in [0.3, 0.4) is 0 Å². The molecule has 1 saturated carbocycles.